The van der Waals surface area contributed by atoms with Gasteiger partial charge < -0.3 is 10.1 Å². The van der Waals surface area contributed by atoms with Gasteiger partial charge in [0.05, 0.1) is 18.5 Å². The summed E-state index contributed by atoms with van der Waals surface area (Å²) in [6.07, 6.45) is 5.57. The van der Waals surface area contributed by atoms with Gasteiger partial charge in [-0.15, -0.1) is 0 Å². The number of nitrogens with zero attached hydrogens (tertiary/aromatic N) is 3. The Kier molecular flexibility index (Phi) is 5.03. The maximum Gasteiger partial charge on any atom is 0.269 e. The van der Waals surface area contributed by atoms with Crippen molar-refractivity contribution >= 4 is 5.91 Å². The number of aromatic nitrogens is 4. The second kappa shape index (κ2) is 7.57. The number of H-pyrrole nitrogens is 1. The van der Waals surface area contributed by atoms with Gasteiger partial charge in [0.15, 0.2) is 0 Å². The number of rotatable bonds is 6. The van der Waals surface area contributed by atoms with Crippen LogP contribution in [0.4, 0.5) is 0 Å². The Bertz CT molecular complexity index is 830. The van der Waals surface area contributed by atoms with Crippen LogP contribution in [0.2, 0.25) is 0 Å². The van der Waals surface area contributed by atoms with Crippen LogP contribution < -0.4 is 10.1 Å². The molecular weight excluding hydrogens is 318 g/mol. The van der Waals surface area contributed by atoms with E-state index in [4.69, 9.17) is 4.74 Å². The van der Waals surface area contributed by atoms with Crippen molar-refractivity contribution in [3.63, 3.8) is 0 Å². The van der Waals surface area contributed by atoms with Crippen LogP contribution in [0.5, 0.6) is 5.75 Å². The maximum absolute atomic E-state index is 12.4. The van der Waals surface area contributed by atoms with Crippen molar-refractivity contribution < 1.29 is 9.53 Å². The Hall–Kier alpha value is -3.22. The zero-order chi connectivity index (χ0) is 17.6. The lowest BCUT2D eigenvalue weighted by atomic mass is 10.1. The molecule has 1 atom stereocenters. The molecule has 0 fully saturated rings. The largest absolute Gasteiger partial charge is 0.497 e. The lowest BCUT2D eigenvalue weighted by Gasteiger charge is -2.12. The molecule has 0 aliphatic carbocycles. The minimum Gasteiger partial charge on any atom is -0.497 e. The summed E-state index contributed by atoms with van der Waals surface area (Å²) < 4.78 is 5.14. The van der Waals surface area contributed by atoms with Gasteiger partial charge in [-0.2, -0.15) is 5.10 Å². The molecule has 7 heteroatoms. The summed E-state index contributed by atoms with van der Waals surface area (Å²) in [5.41, 5.74) is 2.86. The van der Waals surface area contributed by atoms with Gasteiger partial charge in [0.25, 0.3) is 5.91 Å². The number of carbonyl (C=O) groups is 1. The summed E-state index contributed by atoms with van der Waals surface area (Å²) in [6, 6.07) is 9.16. The smallest absolute Gasteiger partial charge is 0.269 e. The van der Waals surface area contributed by atoms with E-state index in [1.807, 2.05) is 31.2 Å². The summed E-state index contributed by atoms with van der Waals surface area (Å²) in [7, 11) is 1.62. The highest BCUT2D eigenvalue weighted by molar-refractivity contribution is 5.93. The molecule has 7 nitrogen and oxygen atoms in total. The van der Waals surface area contributed by atoms with Gasteiger partial charge in [0.2, 0.25) is 0 Å². The number of hydrogen-bond acceptors (Lipinski definition) is 5. The van der Waals surface area contributed by atoms with Crippen LogP contribution in [0.25, 0.3) is 11.3 Å². The van der Waals surface area contributed by atoms with E-state index < -0.39 is 0 Å². The lowest BCUT2D eigenvalue weighted by molar-refractivity contribution is 0.0935. The van der Waals surface area contributed by atoms with Gasteiger partial charge in [-0.1, -0.05) is 0 Å². The summed E-state index contributed by atoms with van der Waals surface area (Å²) >= 11 is 0. The molecule has 2 N–H and O–H groups in total. The minimum absolute atomic E-state index is 0.0723. The average Bonchev–Trinajstić information content (AvgIpc) is 3.13. The SMILES string of the molecule is COc1ccc(-c2cc(C(=O)NC(C)Cc3cnccn3)[nH]n2)cc1. The molecule has 0 radical (unpaired) electrons. The van der Waals surface area contributed by atoms with Crippen LogP contribution >= 0.6 is 0 Å². The topological polar surface area (TPSA) is 92.8 Å². The Morgan fingerprint density at radius 1 is 1.28 bits per heavy atom. The van der Waals surface area contributed by atoms with Crippen LogP contribution in [0.15, 0.2) is 48.9 Å². The van der Waals surface area contributed by atoms with E-state index in [9.17, 15) is 4.79 Å². The zero-order valence-electron chi connectivity index (χ0n) is 14.1. The second-order valence-corrected chi connectivity index (χ2v) is 5.67. The molecule has 1 unspecified atom stereocenters. The average molecular weight is 337 g/mol. The Labute approximate surface area is 145 Å². The van der Waals surface area contributed by atoms with Crippen LogP contribution in [-0.2, 0) is 6.42 Å². The van der Waals surface area contributed by atoms with Crippen molar-refractivity contribution in [2.45, 2.75) is 19.4 Å². The first-order valence-electron chi connectivity index (χ1n) is 7.91. The molecule has 0 aliphatic rings. The predicted molar refractivity (Wildman–Crippen MR) is 93.2 cm³/mol. The molecule has 128 valence electrons. The van der Waals surface area contributed by atoms with Crippen LogP contribution in [0.3, 0.4) is 0 Å². The third kappa shape index (κ3) is 4.20. The van der Waals surface area contributed by atoms with Crippen LogP contribution in [0.1, 0.15) is 23.1 Å². The third-order valence-corrected chi connectivity index (χ3v) is 3.72. The van der Waals surface area contributed by atoms with Gasteiger partial charge in [0, 0.05) is 36.6 Å². The minimum atomic E-state index is -0.205. The maximum atomic E-state index is 12.4. The molecule has 0 saturated heterocycles. The van der Waals surface area contributed by atoms with E-state index in [0.29, 0.717) is 17.8 Å². The summed E-state index contributed by atoms with van der Waals surface area (Å²) in [6.45, 7) is 1.92. The number of benzene rings is 1. The normalized spacial score (nSPS) is 11.8. The molecule has 0 spiro atoms. The van der Waals surface area contributed by atoms with Crippen molar-refractivity contribution in [3.05, 3.63) is 60.3 Å². The Balaban J connectivity index is 1.63. The quantitative estimate of drug-likeness (QED) is 0.719. The van der Waals surface area contributed by atoms with Crippen molar-refractivity contribution in [2.24, 2.45) is 0 Å². The fourth-order valence-corrected chi connectivity index (χ4v) is 2.45. The van der Waals surface area contributed by atoms with E-state index in [2.05, 4.69) is 25.5 Å². The summed E-state index contributed by atoms with van der Waals surface area (Å²) in [4.78, 5) is 20.6. The first-order valence-corrected chi connectivity index (χ1v) is 7.91. The van der Waals surface area contributed by atoms with Crippen LogP contribution in [-0.4, -0.2) is 39.2 Å². The number of hydrogen-bond donors (Lipinski definition) is 2. The molecule has 0 aliphatic heterocycles. The van der Waals surface area contributed by atoms with Gasteiger partial charge >= 0.3 is 0 Å². The number of nitrogens with one attached hydrogen (secondary N) is 2. The lowest BCUT2D eigenvalue weighted by Crippen LogP contribution is -2.34. The molecule has 0 saturated carbocycles. The Morgan fingerprint density at radius 3 is 2.76 bits per heavy atom. The molecule has 2 heterocycles. The highest BCUT2D eigenvalue weighted by atomic mass is 16.5. The molecule has 3 rings (SSSR count). The van der Waals surface area contributed by atoms with Crippen molar-refractivity contribution in [2.75, 3.05) is 7.11 Å². The van der Waals surface area contributed by atoms with Crippen molar-refractivity contribution in [1.82, 2.24) is 25.5 Å². The number of amides is 1. The second-order valence-electron chi connectivity index (χ2n) is 5.67. The fourth-order valence-electron chi connectivity index (χ4n) is 2.45. The molecule has 2 aromatic heterocycles. The van der Waals surface area contributed by atoms with E-state index >= 15 is 0 Å². The van der Waals surface area contributed by atoms with Crippen molar-refractivity contribution in [3.8, 4) is 17.0 Å². The standard InChI is InChI=1S/C18H19N5O2/c1-12(9-14-11-19-7-8-20-14)21-18(24)17-10-16(22-23-17)13-3-5-15(25-2)6-4-13/h3-8,10-12H,9H2,1-2H3,(H,21,24)(H,22,23). The molecule has 1 amide bonds. The molecule has 0 bridgehead atoms. The van der Waals surface area contributed by atoms with Gasteiger partial charge in [-0.05, 0) is 37.3 Å². The zero-order valence-corrected chi connectivity index (χ0v) is 14.1. The number of aromatic amines is 1. The van der Waals surface area contributed by atoms with E-state index in [-0.39, 0.29) is 11.9 Å². The van der Waals surface area contributed by atoms with E-state index in [0.717, 1.165) is 17.0 Å². The highest BCUT2D eigenvalue weighted by Gasteiger charge is 2.14. The Morgan fingerprint density at radius 2 is 2.08 bits per heavy atom. The monoisotopic (exact) mass is 337 g/mol. The van der Waals surface area contributed by atoms with Crippen LogP contribution in [0, 0.1) is 0 Å². The van der Waals surface area contributed by atoms with Gasteiger partial charge in [-0.25, -0.2) is 0 Å². The summed E-state index contributed by atoms with van der Waals surface area (Å²) in [5, 5.41) is 9.92. The van der Waals surface area contributed by atoms with E-state index in [1.54, 1.807) is 31.8 Å². The molecular formula is C18H19N5O2. The van der Waals surface area contributed by atoms with E-state index in [1.165, 1.54) is 0 Å². The number of methoxy groups -OCH3 is 1. The van der Waals surface area contributed by atoms with Gasteiger partial charge in [0.1, 0.15) is 11.4 Å². The third-order valence-electron chi connectivity index (χ3n) is 3.72. The summed E-state index contributed by atoms with van der Waals surface area (Å²) in [5.74, 6) is 0.568. The number of carbonyl (C=O) groups excluding carboxylic acids is 1. The number of ether oxygens (including phenoxy) is 1. The predicted octanol–water partition coefficient (Wildman–Crippen LogP) is 2.24. The van der Waals surface area contributed by atoms with Gasteiger partial charge in [-0.3, -0.25) is 19.9 Å². The fraction of sp³-hybridized carbons (Fsp3) is 0.222. The molecule has 25 heavy (non-hydrogen) atoms. The molecule has 3 aromatic rings. The van der Waals surface area contributed by atoms with Crippen molar-refractivity contribution in [1.29, 1.82) is 0 Å². The highest BCUT2D eigenvalue weighted by Crippen LogP contribution is 2.21. The first kappa shape index (κ1) is 16.6. The first-order chi connectivity index (χ1) is 12.2. The molecule has 1 aromatic carbocycles.